The largest absolute Gasteiger partial charge is 0.383 e. The van der Waals surface area contributed by atoms with Gasteiger partial charge in [-0.2, -0.15) is 0 Å². The van der Waals surface area contributed by atoms with E-state index < -0.39 is 0 Å². The standard InChI is InChI=1S/C5H6N2S2/c6-5(7)4-3(8)1-2-9-4/h1-2,8H,(H3,6,7). The van der Waals surface area contributed by atoms with Crippen molar-refractivity contribution in [3.05, 3.63) is 16.3 Å². The van der Waals surface area contributed by atoms with Crippen molar-refractivity contribution in [2.24, 2.45) is 5.73 Å². The van der Waals surface area contributed by atoms with Crippen LogP contribution in [0, 0.1) is 5.41 Å². The van der Waals surface area contributed by atoms with Gasteiger partial charge in [0.25, 0.3) is 0 Å². The Morgan fingerprint density at radius 2 is 2.44 bits per heavy atom. The summed E-state index contributed by atoms with van der Waals surface area (Å²) in [5, 5.41) is 8.89. The Morgan fingerprint density at radius 1 is 1.78 bits per heavy atom. The summed E-state index contributed by atoms with van der Waals surface area (Å²) in [7, 11) is 0. The van der Waals surface area contributed by atoms with Gasteiger partial charge in [0, 0.05) is 4.90 Å². The molecule has 0 saturated carbocycles. The molecule has 0 amide bonds. The number of nitrogens with two attached hydrogens (primary N) is 1. The number of thiol groups is 1. The molecule has 0 aliphatic rings. The first-order valence-corrected chi connectivity index (χ1v) is 3.65. The zero-order valence-corrected chi connectivity index (χ0v) is 6.30. The molecule has 0 aromatic carbocycles. The number of thiophene rings is 1. The van der Waals surface area contributed by atoms with Gasteiger partial charge in [-0.3, -0.25) is 5.41 Å². The van der Waals surface area contributed by atoms with Gasteiger partial charge in [-0.1, -0.05) is 0 Å². The SMILES string of the molecule is N=C(N)c1sccc1S. The van der Waals surface area contributed by atoms with Gasteiger partial charge in [0.15, 0.2) is 0 Å². The van der Waals surface area contributed by atoms with Crippen LogP contribution < -0.4 is 5.73 Å². The lowest BCUT2D eigenvalue weighted by atomic mass is 10.4. The Labute approximate surface area is 62.6 Å². The van der Waals surface area contributed by atoms with Crippen molar-refractivity contribution in [2.45, 2.75) is 4.90 Å². The van der Waals surface area contributed by atoms with Crippen molar-refractivity contribution in [3.8, 4) is 0 Å². The van der Waals surface area contributed by atoms with E-state index >= 15 is 0 Å². The summed E-state index contributed by atoms with van der Waals surface area (Å²) in [5.41, 5.74) is 5.20. The van der Waals surface area contributed by atoms with Crippen LogP contribution in [0.5, 0.6) is 0 Å². The van der Waals surface area contributed by atoms with E-state index in [4.69, 9.17) is 11.1 Å². The third-order valence-electron chi connectivity index (χ3n) is 0.889. The van der Waals surface area contributed by atoms with Gasteiger partial charge in [-0.25, -0.2) is 0 Å². The second kappa shape index (κ2) is 2.41. The number of rotatable bonds is 1. The van der Waals surface area contributed by atoms with E-state index in [2.05, 4.69) is 12.6 Å². The summed E-state index contributed by atoms with van der Waals surface area (Å²) < 4.78 is 0. The van der Waals surface area contributed by atoms with Crippen molar-refractivity contribution >= 4 is 29.8 Å². The Bertz CT molecular complexity index is 229. The molecule has 0 saturated heterocycles. The van der Waals surface area contributed by atoms with Crippen LogP contribution in [0.4, 0.5) is 0 Å². The average molecular weight is 158 g/mol. The van der Waals surface area contributed by atoms with Crippen molar-refractivity contribution < 1.29 is 0 Å². The Balaban J connectivity index is 3.08. The topological polar surface area (TPSA) is 49.9 Å². The van der Waals surface area contributed by atoms with Gasteiger partial charge >= 0.3 is 0 Å². The van der Waals surface area contributed by atoms with E-state index in [0.29, 0.717) is 0 Å². The number of hydrogen-bond acceptors (Lipinski definition) is 3. The van der Waals surface area contributed by atoms with E-state index in [1.165, 1.54) is 11.3 Å². The van der Waals surface area contributed by atoms with Crippen LogP contribution in [0.25, 0.3) is 0 Å². The second-order valence-corrected chi connectivity index (χ2v) is 2.95. The van der Waals surface area contributed by atoms with E-state index in [9.17, 15) is 0 Å². The van der Waals surface area contributed by atoms with Gasteiger partial charge in [-0.15, -0.1) is 24.0 Å². The highest BCUT2D eigenvalue weighted by Crippen LogP contribution is 2.18. The Kier molecular flexibility index (Phi) is 1.78. The van der Waals surface area contributed by atoms with E-state index in [1.54, 1.807) is 0 Å². The Hall–Kier alpha value is -0.480. The average Bonchev–Trinajstić information content (AvgIpc) is 2.13. The molecular formula is C5H6N2S2. The van der Waals surface area contributed by atoms with E-state index in [-0.39, 0.29) is 5.84 Å². The molecule has 1 heterocycles. The number of hydrogen-bond donors (Lipinski definition) is 3. The third-order valence-corrected chi connectivity index (χ3v) is 2.36. The fourth-order valence-corrected chi connectivity index (χ4v) is 1.61. The molecule has 0 atom stereocenters. The van der Waals surface area contributed by atoms with Gasteiger partial charge in [0.2, 0.25) is 0 Å². The lowest BCUT2D eigenvalue weighted by Gasteiger charge is -1.90. The highest BCUT2D eigenvalue weighted by Gasteiger charge is 2.00. The molecule has 0 fully saturated rings. The minimum absolute atomic E-state index is 0.0926. The number of amidine groups is 1. The van der Waals surface area contributed by atoms with Crippen LogP contribution in [-0.4, -0.2) is 5.84 Å². The molecule has 0 aliphatic carbocycles. The lowest BCUT2D eigenvalue weighted by Crippen LogP contribution is -2.09. The molecule has 9 heavy (non-hydrogen) atoms. The summed E-state index contributed by atoms with van der Waals surface area (Å²) in [6.07, 6.45) is 0. The van der Waals surface area contributed by atoms with Crippen LogP contribution in [0.3, 0.4) is 0 Å². The molecule has 0 radical (unpaired) electrons. The fraction of sp³-hybridized carbons (Fsp3) is 0. The monoisotopic (exact) mass is 158 g/mol. The molecular weight excluding hydrogens is 152 g/mol. The van der Waals surface area contributed by atoms with Crippen molar-refractivity contribution in [1.82, 2.24) is 0 Å². The maximum Gasteiger partial charge on any atom is 0.134 e. The predicted octanol–water partition coefficient (Wildman–Crippen LogP) is 1.32. The lowest BCUT2D eigenvalue weighted by molar-refractivity contribution is 1.41. The first kappa shape index (κ1) is 6.64. The molecule has 0 unspecified atom stereocenters. The molecule has 0 aliphatic heterocycles. The van der Waals surface area contributed by atoms with Crippen molar-refractivity contribution in [3.63, 3.8) is 0 Å². The molecule has 1 aromatic rings. The Morgan fingerprint density at radius 3 is 2.67 bits per heavy atom. The third kappa shape index (κ3) is 1.25. The normalized spacial score (nSPS) is 9.44. The highest BCUT2D eigenvalue weighted by atomic mass is 32.1. The zero-order valence-electron chi connectivity index (χ0n) is 4.59. The molecule has 48 valence electrons. The van der Waals surface area contributed by atoms with E-state index in [0.717, 1.165) is 9.77 Å². The molecule has 3 N–H and O–H groups in total. The summed E-state index contributed by atoms with van der Waals surface area (Å²) in [6.45, 7) is 0. The van der Waals surface area contributed by atoms with Gasteiger partial charge in [0.05, 0.1) is 4.88 Å². The molecule has 0 spiro atoms. The second-order valence-electron chi connectivity index (χ2n) is 1.55. The minimum atomic E-state index is 0.0926. The maximum absolute atomic E-state index is 7.03. The summed E-state index contributed by atoms with van der Waals surface area (Å²) in [5.74, 6) is 0.0926. The highest BCUT2D eigenvalue weighted by molar-refractivity contribution is 7.80. The number of nitrogen functional groups attached to an aromatic ring is 1. The van der Waals surface area contributed by atoms with Crippen molar-refractivity contribution in [1.29, 1.82) is 5.41 Å². The molecule has 4 heteroatoms. The summed E-state index contributed by atoms with van der Waals surface area (Å²) >= 11 is 5.51. The maximum atomic E-state index is 7.03. The summed E-state index contributed by atoms with van der Waals surface area (Å²) in [6, 6.07) is 1.82. The quantitative estimate of drug-likeness (QED) is 0.322. The van der Waals surface area contributed by atoms with Crippen LogP contribution in [0.2, 0.25) is 0 Å². The number of nitrogens with one attached hydrogen (secondary N) is 1. The smallest absolute Gasteiger partial charge is 0.134 e. The first-order chi connectivity index (χ1) is 4.22. The van der Waals surface area contributed by atoms with Crippen molar-refractivity contribution in [2.75, 3.05) is 0 Å². The molecule has 0 bridgehead atoms. The van der Waals surface area contributed by atoms with E-state index in [1.807, 2.05) is 11.4 Å². The summed E-state index contributed by atoms with van der Waals surface area (Å²) in [4.78, 5) is 1.53. The first-order valence-electron chi connectivity index (χ1n) is 2.32. The van der Waals surface area contributed by atoms with Crippen LogP contribution in [0.1, 0.15) is 4.88 Å². The molecule has 1 rings (SSSR count). The fourth-order valence-electron chi connectivity index (χ4n) is 0.504. The van der Waals surface area contributed by atoms with Gasteiger partial charge in [0.1, 0.15) is 5.84 Å². The van der Waals surface area contributed by atoms with Crippen LogP contribution >= 0.6 is 24.0 Å². The van der Waals surface area contributed by atoms with Gasteiger partial charge < -0.3 is 5.73 Å². The van der Waals surface area contributed by atoms with Crippen LogP contribution in [0.15, 0.2) is 16.3 Å². The zero-order chi connectivity index (χ0) is 6.85. The van der Waals surface area contributed by atoms with Gasteiger partial charge in [-0.05, 0) is 11.4 Å². The minimum Gasteiger partial charge on any atom is -0.383 e. The predicted molar refractivity (Wildman–Crippen MR) is 42.6 cm³/mol. The molecule has 1 aromatic heterocycles. The van der Waals surface area contributed by atoms with Crippen LogP contribution in [-0.2, 0) is 0 Å². The molecule has 2 nitrogen and oxygen atoms in total.